The minimum absolute atomic E-state index is 0.115. The zero-order valence-electron chi connectivity index (χ0n) is 14.7. The summed E-state index contributed by atoms with van der Waals surface area (Å²) in [7, 11) is 0. The third-order valence-corrected chi connectivity index (χ3v) is 4.66. The second-order valence-electron chi connectivity index (χ2n) is 6.43. The van der Waals surface area contributed by atoms with Crippen LogP contribution < -0.4 is 10.2 Å². The van der Waals surface area contributed by atoms with Gasteiger partial charge in [0.25, 0.3) is 5.91 Å². The topological polar surface area (TPSA) is 62.3 Å². The van der Waals surface area contributed by atoms with Crippen molar-refractivity contribution in [3.63, 3.8) is 0 Å². The highest BCUT2D eigenvalue weighted by molar-refractivity contribution is 6.11. The molecule has 1 atom stereocenters. The highest BCUT2D eigenvalue weighted by Crippen LogP contribution is 2.38. The van der Waals surface area contributed by atoms with Crippen molar-refractivity contribution in [2.75, 3.05) is 4.90 Å². The van der Waals surface area contributed by atoms with Gasteiger partial charge in [-0.05, 0) is 29.8 Å². The van der Waals surface area contributed by atoms with Gasteiger partial charge in [-0.15, -0.1) is 0 Å². The number of rotatable bonds is 5. The van der Waals surface area contributed by atoms with Crippen LogP contribution in [0.1, 0.15) is 34.1 Å². The molecule has 1 aromatic heterocycles. The molecule has 3 aromatic rings. The largest absolute Gasteiger partial charge is 0.352 e. The van der Waals surface area contributed by atoms with E-state index < -0.39 is 6.04 Å². The molecule has 2 heterocycles. The first-order valence-corrected chi connectivity index (χ1v) is 8.88. The molecule has 1 aliphatic heterocycles. The molecule has 0 saturated heterocycles. The molecule has 134 valence electrons. The summed E-state index contributed by atoms with van der Waals surface area (Å²) in [6.07, 6.45) is 1.83. The molecule has 0 bridgehead atoms. The summed E-state index contributed by atoms with van der Waals surface area (Å²) < 4.78 is 0. The molecular weight excluding hydrogens is 338 g/mol. The number of amides is 2. The predicted molar refractivity (Wildman–Crippen MR) is 103 cm³/mol. The number of fused-ring (bicyclic) bond motifs is 1. The molecule has 0 radical (unpaired) electrons. The Bertz CT molecular complexity index is 958. The number of nitrogens with zero attached hydrogens (tertiary/aromatic N) is 2. The van der Waals surface area contributed by atoms with Gasteiger partial charge < -0.3 is 5.32 Å². The van der Waals surface area contributed by atoms with E-state index in [1.807, 2.05) is 60.7 Å². The average molecular weight is 357 g/mol. The van der Waals surface area contributed by atoms with Crippen molar-refractivity contribution in [3.8, 4) is 0 Å². The number of carbonyl (C=O) groups is 2. The van der Waals surface area contributed by atoms with E-state index in [1.165, 1.54) is 0 Å². The van der Waals surface area contributed by atoms with Gasteiger partial charge in [0, 0.05) is 18.4 Å². The Balaban J connectivity index is 1.56. The molecule has 2 amide bonds. The van der Waals surface area contributed by atoms with E-state index in [9.17, 15) is 9.59 Å². The lowest BCUT2D eigenvalue weighted by atomic mass is 10.1. The van der Waals surface area contributed by atoms with Crippen molar-refractivity contribution >= 4 is 17.5 Å². The van der Waals surface area contributed by atoms with Crippen LogP contribution in [0.4, 0.5) is 5.69 Å². The maximum atomic E-state index is 12.9. The lowest BCUT2D eigenvalue weighted by Crippen LogP contribution is -2.32. The van der Waals surface area contributed by atoms with Crippen molar-refractivity contribution < 1.29 is 9.59 Å². The van der Waals surface area contributed by atoms with E-state index in [0.29, 0.717) is 17.8 Å². The number of benzene rings is 2. The standard InChI is InChI=1S/C22H19N3O2/c26-20(24-15-16-8-3-1-4-9-16)14-19-21-18(12-7-13-23-21)22(27)25(19)17-10-5-2-6-11-17/h1-13,19H,14-15H2,(H,24,26)/t19-/m0/s1. The minimum atomic E-state index is -0.410. The number of anilines is 1. The van der Waals surface area contributed by atoms with Gasteiger partial charge in [0.05, 0.1) is 23.7 Å². The molecule has 0 fully saturated rings. The minimum Gasteiger partial charge on any atom is -0.352 e. The Morgan fingerprint density at radius 3 is 2.41 bits per heavy atom. The van der Waals surface area contributed by atoms with Crippen LogP contribution in [-0.4, -0.2) is 16.8 Å². The summed E-state index contributed by atoms with van der Waals surface area (Å²) in [5, 5.41) is 2.94. The van der Waals surface area contributed by atoms with Crippen LogP contribution in [0.25, 0.3) is 0 Å². The average Bonchev–Trinajstić information content (AvgIpc) is 3.00. The fraction of sp³-hybridized carbons (Fsp3) is 0.136. The molecule has 5 heteroatoms. The summed E-state index contributed by atoms with van der Waals surface area (Å²) in [5.41, 5.74) is 3.01. The normalized spacial score (nSPS) is 15.5. The summed E-state index contributed by atoms with van der Waals surface area (Å²) in [6, 6.07) is 22.3. The molecule has 0 aliphatic carbocycles. The highest BCUT2D eigenvalue weighted by atomic mass is 16.2. The summed E-state index contributed by atoms with van der Waals surface area (Å²) in [6.45, 7) is 0.459. The molecule has 0 saturated carbocycles. The molecular formula is C22H19N3O2. The molecule has 5 nitrogen and oxygen atoms in total. The number of nitrogens with one attached hydrogen (secondary N) is 1. The quantitative estimate of drug-likeness (QED) is 0.760. The second kappa shape index (κ2) is 7.41. The fourth-order valence-electron chi connectivity index (χ4n) is 3.38. The number of aromatic nitrogens is 1. The maximum absolute atomic E-state index is 12.9. The Kier molecular flexibility index (Phi) is 4.66. The van der Waals surface area contributed by atoms with Crippen LogP contribution in [0.15, 0.2) is 79.0 Å². The highest BCUT2D eigenvalue weighted by Gasteiger charge is 2.39. The number of para-hydroxylation sites is 1. The molecule has 4 rings (SSSR count). The molecule has 1 aliphatic rings. The number of hydrogen-bond donors (Lipinski definition) is 1. The smallest absolute Gasteiger partial charge is 0.260 e. The lowest BCUT2D eigenvalue weighted by Gasteiger charge is -2.24. The van der Waals surface area contributed by atoms with Gasteiger partial charge >= 0.3 is 0 Å². The maximum Gasteiger partial charge on any atom is 0.260 e. The summed E-state index contributed by atoms with van der Waals surface area (Å²) >= 11 is 0. The first-order chi connectivity index (χ1) is 13.2. The van der Waals surface area contributed by atoms with Gasteiger partial charge in [-0.1, -0.05) is 48.5 Å². The number of pyridine rings is 1. The van der Waals surface area contributed by atoms with Gasteiger partial charge in [-0.3, -0.25) is 19.5 Å². The van der Waals surface area contributed by atoms with Crippen molar-refractivity contribution in [1.29, 1.82) is 0 Å². The zero-order chi connectivity index (χ0) is 18.6. The SMILES string of the molecule is O=C(C[C@H]1c2ncccc2C(=O)N1c1ccccc1)NCc1ccccc1. The van der Waals surface area contributed by atoms with Crippen molar-refractivity contribution in [2.24, 2.45) is 0 Å². The molecule has 27 heavy (non-hydrogen) atoms. The molecule has 0 unspecified atom stereocenters. The number of hydrogen-bond acceptors (Lipinski definition) is 3. The fourth-order valence-corrected chi connectivity index (χ4v) is 3.38. The van der Waals surface area contributed by atoms with Crippen LogP contribution in [0.2, 0.25) is 0 Å². The Morgan fingerprint density at radius 1 is 0.963 bits per heavy atom. The monoisotopic (exact) mass is 357 g/mol. The summed E-state index contributed by atoms with van der Waals surface area (Å²) in [5.74, 6) is -0.235. The Morgan fingerprint density at radius 2 is 1.67 bits per heavy atom. The van der Waals surface area contributed by atoms with Crippen LogP contribution in [0.5, 0.6) is 0 Å². The lowest BCUT2D eigenvalue weighted by molar-refractivity contribution is -0.121. The Hall–Kier alpha value is -3.47. The van der Waals surface area contributed by atoms with Crippen molar-refractivity contribution in [3.05, 3.63) is 95.8 Å². The zero-order valence-corrected chi connectivity index (χ0v) is 14.7. The van der Waals surface area contributed by atoms with E-state index in [0.717, 1.165) is 11.3 Å². The molecule has 0 spiro atoms. The van der Waals surface area contributed by atoms with Crippen LogP contribution in [-0.2, 0) is 11.3 Å². The van der Waals surface area contributed by atoms with Crippen LogP contribution >= 0.6 is 0 Å². The molecule has 2 aromatic carbocycles. The Labute approximate surface area is 157 Å². The van der Waals surface area contributed by atoms with Gasteiger partial charge in [-0.25, -0.2) is 0 Å². The van der Waals surface area contributed by atoms with E-state index in [1.54, 1.807) is 23.2 Å². The van der Waals surface area contributed by atoms with E-state index >= 15 is 0 Å². The van der Waals surface area contributed by atoms with E-state index in [4.69, 9.17) is 0 Å². The molecule has 1 N–H and O–H groups in total. The van der Waals surface area contributed by atoms with Gasteiger partial charge in [0.1, 0.15) is 0 Å². The van der Waals surface area contributed by atoms with Crippen molar-refractivity contribution in [2.45, 2.75) is 19.0 Å². The third kappa shape index (κ3) is 3.44. The third-order valence-electron chi connectivity index (χ3n) is 4.66. The number of carbonyl (C=O) groups excluding carboxylic acids is 2. The van der Waals surface area contributed by atoms with E-state index in [-0.39, 0.29) is 18.2 Å². The first kappa shape index (κ1) is 17.0. The van der Waals surface area contributed by atoms with Gasteiger partial charge in [0.15, 0.2) is 0 Å². The predicted octanol–water partition coefficient (Wildman–Crippen LogP) is 3.49. The van der Waals surface area contributed by atoms with Gasteiger partial charge in [-0.2, -0.15) is 0 Å². The van der Waals surface area contributed by atoms with Crippen LogP contribution in [0, 0.1) is 0 Å². The first-order valence-electron chi connectivity index (χ1n) is 8.88. The van der Waals surface area contributed by atoms with E-state index in [2.05, 4.69) is 10.3 Å². The van der Waals surface area contributed by atoms with Gasteiger partial charge in [0.2, 0.25) is 5.91 Å². The van der Waals surface area contributed by atoms with Crippen molar-refractivity contribution in [1.82, 2.24) is 10.3 Å². The second-order valence-corrected chi connectivity index (χ2v) is 6.43. The van der Waals surface area contributed by atoms with Crippen LogP contribution in [0.3, 0.4) is 0 Å². The summed E-state index contributed by atoms with van der Waals surface area (Å²) in [4.78, 5) is 31.6.